The molecule has 1 aromatic heterocycles. The van der Waals surface area contributed by atoms with E-state index in [1.54, 1.807) is 0 Å². The Labute approximate surface area is 122 Å². The fourth-order valence-corrected chi connectivity index (χ4v) is 2.66. The number of aromatic amines is 1. The van der Waals surface area contributed by atoms with Gasteiger partial charge in [-0.15, -0.1) is 0 Å². The third kappa shape index (κ3) is 2.85. The first-order valence-electron chi connectivity index (χ1n) is 6.65. The Bertz CT molecular complexity index is 618. The molecule has 0 aliphatic rings. The van der Waals surface area contributed by atoms with Crippen LogP contribution in [0.1, 0.15) is 48.7 Å². The minimum atomic E-state index is -1.02. The van der Waals surface area contributed by atoms with Crippen molar-refractivity contribution in [1.82, 2.24) is 10.2 Å². The summed E-state index contributed by atoms with van der Waals surface area (Å²) in [7, 11) is 0. The van der Waals surface area contributed by atoms with E-state index in [-0.39, 0.29) is 5.69 Å². The normalized spacial score (nSPS) is 11.0. The van der Waals surface area contributed by atoms with Gasteiger partial charge in [-0.2, -0.15) is 5.10 Å². The zero-order valence-electron chi connectivity index (χ0n) is 11.5. The van der Waals surface area contributed by atoms with Crippen LogP contribution in [-0.4, -0.2) is 21.3 Å². The van der Waals surface area contributed by atoms with Crippen molar-refractivity contribution in [1.29, 1.82) is 0 Å². The van der Waals surface area contributed by atoms with Gasteiger partial charge in [0.1, 0.15) is 5.69 Å². The third-order valence-electron chi connectivity index (χ3n) is 3.53. The van der Waals surface area contributed by atoms with Crippen LogP contribution in [0.15, 0.2) is 24.3 Å². The second-order valence-corrected chi connectivity index (χ2v) is 5.13. The van der Waals surface area contributed by atoms with Gasteiger partial charge in [0.05, 0.1) is 5.69 Å². The van der Waals surface area contributed by atoms with Crippen molar-refractivity contribution in [3.63, 3.8) is 0 Å². The van der Waals surface area contributed by atoms with Gasteiger partial charge >= 0.3 is 5.97 Å². The van der Waals surface area contributed by atoms with E-state index < -0.39 is 5.97 Å². The number of hydrogen-bond acceptors (Lipinski definition) is 2. The molecular weight excluding hydrogens is 276 g/mol. The fraction of sp³-hybridized carbons (Fsp3) is 0.333. The maximum Gasteiger partial charge on any atom is 0.353 e. The molecule has 2 rings (SSSR count). The molecule has 5 heteroatoms. The number of nitrogens with one attached hydrogen (secondary N) is 1. The van der Waals surface area contributed by atoms with Crippen LogP contribution in [0.4, 0.5) is 0 Å². The zero-order valence-corrected chi connectivity index (χ0v) is 12.2. The van der Waals surface area contributed by atoms with Crippen molar-refractivity contribution in [2.45, 2.75) is 32.6 Å². The molecule has 0 radical (unpaired) electrons. The highest BCUT2D eigenvalue weighted by Crippen LogP contribution is 2.32. The number of carbonyl (C=O) groups is 1. The number of aromatic carboxylic acids is 1. The van der Waals surface area contributed by atoms with Crippen molar-refractivity contribution in [3.8, 4) is 11.3 Å². The Morgan fingerprint density at radius 1 is 1.35 bits per heavy atom. The highest BCUT2D eigenvalue weighted by molar-refractivity contribution is 6.31. The summed E-state index contributed by atoms with van der Waals surface area (Å²) in [5, 5.41) is 16.1. The molecule has 0 bridgehead atoms. The van der Waals surface area contributed by atoms with Crippen LogP contribution in [0, 0.1) is 0 Å². The molecule has 0 spiro atoms. The lowest BCUT2D eigenvalue weighted by Crippen LogP contribution is -1.96. The number of hydrogen-bond donors (Lipinski definition) is 2. The Kier molecular flexibility index (Phi) is 4.45. The largest absolute Gasteiger partial charge is 0.477 e. The average molecular weight is 293 g/mol. The molecule has 0 fully saturated rings. The predicted octanol–water partition coefficient (Wildman–Crippen LogP) is 4.33. The second kappa shape index (κ2) is 6.09. The van der Waals surface area contributed by atoms with Gasteiger partial charge in [0.2, 0.25) is 0 Å². The molecule has 20 heavy (non-hydrogen) atoms. The first kappa shape index (κ1) is 14.6. The first-order chi connectivity index (χ1) is 9.56. The standard InChI is InChI=1S/C15H17ClN2O2/c1-3-9(4-2)11-6-5-10(7-12(11)16)13-8-14(15(19)20)18-17-13/h5-9H,3-4H2,1-2H3,(H,17,18)(H,19,20). The van der Waals surface area contributed by atoms with E-state index in [9.17, 15) is 4.79 Å². The summed E-state index contributed by atoms with van der Waals surface area (Å²) in [5.41, 5.74) is 2.60. The van der Waals surface area contributed by atoms with Crippen molar-refractivity contribution in [2.24, 2.45) is 0 Å². The molecule has 1 aromatic carbocycles. The number of rotatable bonds is 5. The van der Waals surface area contributed by atoms with Gasteiger partial charge in [-0.25, -0.2) is 4.79 Å². The SMILES string of the molecule is CCC(CC)c1ccc(-c2cc(C(=O)O)[nH]n2)cc1Cl. The third-order valence-corrected chi connectivity index (χ3v) is 3.86. The molecule has 0 aliphatic carbocycles. The Hall–Kier alpha value is -1.81. The van der Waals surface area contributed by atoms with Crippen LogP contribution < -0.4 is 0 Å². The number of carboxylic acid groups (broad SMARTS) is 1. The number of halogens is 1. The lowest BCUT2D eigenvalue weighted by molar-refractivity contribution is 0.0690. The number of carboxylic acids is 1. The molecule has 106 valence electrons. The molecule has 0 atom stereocenters. The van der Waals surface area contributed by atoms with Crippen LogP contribution in [-0.2, 0) is 0 Å². The summed E-state index contributed by atoms with van der Waals surface area (Å²) in [6.07, 6.45) is 2.09. The number of nitrogens with zero attached hydrogens (tertiary/aromatic N) is 1. The predicted molar refractivity (Wildman–Crippen MR) is 79.3 cm³/mol. The van der Waals surface area contributed by atoms with Gasteiger partial charge in [0.15, 0.2) is 0 Å². The average Bonchev–Trinajstić information content (AvgIpc) is 2.91. The van der Waals surface area contributed by atoms with Gasteiger partial charge in [-0.3, -0.25) is 5.10 Å². The van der Waals surface area contributed by atoms with Crippen molar-refractivity contribution in [3.05, 3.63) is 40.5 Å². The van der Waals surface area contributed by atoms with Crippen LogP contribution in [0.5, 0.6) is 0 Å². The summed E-state index contributed by atoms with van der Waals surface area (Å²) < 4.78 is 0. The molecule has 0 saturated heterocycles. The Balaban J connectivity index is 2.34. The maximum absolute atomic E-state index is 10.8. The first-order valence-corrected chi connectivity index (χ1v) is 7.03. The molecular formula is C15H17ClN2O2. The van der Waals surface area contributed by atoms with E-state index in [1.165, 1.54) is 6.07 Å². The van der Waals surface area contributed by atoms with E-state index in [2.05, 4.69) is 24.0 Å². The van der Waals surface area contributed by atoms with Crippen LogP contribution >= 0.6 is 11.6 Å². The number of H-pyrrole nitrogens is 1. The molecule has 0 amide bonds. The summed E-state index contributed by atoms with van der Waals surface area (Å²) in [4.78, 5) is 10.8. The van der Waals surface area contributed by atoms with Gasteiger partial charge in [0.25, 0.3) is 0 Å². The summed E-state index contributed by atoms with van der Waals surface area (Å²) in [6, 6.07) is 7.29. The van der Waals surface area contributed by atoms with E-state index in [0.29, 0.717) is 16.6 Å². The van der Waals surface area contributed by atoms with Crippen molar-refractivity contribution in [2.75, 3.05) is 0 Å². The van der Waals surface area contributed by atoms with Crippen molar-refractivity contribution >= 4 is 17.6 Å². The Morgan fingerprint density at radius 2 is 2.05 bits per heavy atom. The van der Waals surface area contributed by atoms with E-state index in [1.807, 2.05) is 18.2 Å². The molecule has 2 N–H and O–H groups in total. The molecule has 1 heterocycles. The van der Waals surface area contributed by atoms with Crippen LogP contribution in [0.3, 0.4) is 0 Å². The summed E-state index contributed by atoms with van der Waals surface area (Å²) in [6.45, 7) is 4.29. The minimum absolute atomic E-state index is 0.0696. The summed E-state index contributed by atoms with van der Waals surface area (Å²) in [5.74, 6) is -0.575. The van der Waals surface area contributed by atoms with E-state index >= 15 is 0 Å². The molecule has 4 nitrogen and oxygen atoms in total. The molecule has 0 saturated carbocycles. The lowest BCUT2D eigenvalue weighted by Gasteiger charge is -2.15. The molecule has 0 unspecified atom stereocenters. The second-order valence-electron chi connectivity index (χ2n) is 4.72. The van der Waals surface area contributed by atoms with Crippen LogP contribution in [0.25, 0.3) is 11.3 Å². The minimum Gasteiger partial charge on any atom is -0.477 e. The highest BCUT2D eigenvalue weighted by Gasteiger charge is 2.14. The fourth-order valence-electron chi connectivity index (χ4n) is 2.33. The van der Waals surface area contributed by atoms with Gasteiger partial charge in [-0.05, 0) is 36.5 Å². The maximum atomic E-state index is 10.8. The highest BCUT2D eigenvalue weighted by atomic mass is 35.5. The Morgan fingerprint density at radius 3 is 2.55 bits per heavy atom. The molecule has 0 aliphatic heterocycles. The van der Waals surface area contributed by atoms with Crippen LogP contribution in [0.2, 0.25) is 5.02 Å². The number of benzene rings is 1. The topological polar surface area (TPSA) is 66.0 Å². The zero-order chi connectivity index (χ0) is 14.7. The lowest BCUT2D eigenvalue weighted by atomic mass is 9.93. The summed E-state index contributed by atoms with van der Waals surface area (Å²) >= 11 is 6.35. The van der Waals surface area contributed by atoms with E-state index in [4.69, 9.17) is 16.7 Å². The number of aromatic nitrogens is 2. The van der Waals surface area contributed by atoms with Crippen molar-refractivity contribution < 1.29 is 9.90 Å². The van der Waals surface area contributed by atoms with Gasteiger partial charge in [-0.1, -0.05) is 37.6 Å². The van der Waals surface area contributed by atoms with Gasteiger partial charge in [0, 0.05) is 10.6 Å². The molecule has 2 aromatic rings. The quantitative estimate of drug-likeness (QED) is 0.862. The van der Waals surface area contributed by atoms with Gasteiger partial charge < -0.3 is 5.11 Å². The van der Waals surface area contributed by atoms with E-state index in [0.717, 1.165) is 24.0 Å². The monoisotopic (exact) mass is 292 g/mol. The smallest absolute Gasteiger partial charge is 0.353 e.